The van der Waals surface area contributed by atoms with Crippen molar-refractivity contribution < 1.29 is 14.3 Å². The zero-order valence-corrected chi connectivity index (χ0v) is 18.5. The highest BCUT2D eigenvalue weighted by atomic mass is 16.5. The lowest BCUT2D eigenvalue weighted by atomic mass is 9.76. The first-order valence-corrected chi connectivity index (χ1v) is 10.8. The molecule has 1 aromatic carbocycles. The van der Waals surface area contributed by atoms with Crippen LogP contribution < -0.4 is 4.74 Å². The molecule has 0 aromatic heterocycles. The highest BCUT2D eigenvalue weighted by Gasteiger charge is 2.27. The van der Waals surface area contributed by atoms with Crippen molar-refractivity contribution in [3.8, 4) is 17.6 Å². The quantitative estimate of drug-likeness (QED) is 0.526. The minimum absolute atomic E-state index is 0.0199. The van der Waals surface area contributed by atoms with E-state index in [0.717, 1.165) is 35.3 Å². The first-order chi connectivity index (χ1) is 14.3. The number of ether oxygens (including phenoxy) is 1. The summed E-state index contributed by atoms with van der Waals surface area (Å²) in [7, 11) is 1.63. The summed E-state index contributed by atoms with van der Waals surface area (Å²) in [6.07, 6.45) is 11.5. The van der Waals surface area contributed by atoms with Crippen molar-refractivity contribution in [3.63, 3.8) is 0 Å². The zero-order chi connectivity index (χ0) is 21.7. The molecule has 0 bridgehead atoms. The van der Waals surface area contributed by atoms with Crippen LogP contribution in [0.5, 0.6) is 5.75 Å². The SMILES string of the molecule is COc1cc(/C=C/C(=O)N2CCC=C(C#CC3(C)CCCCC3)C2=O)cc(C)c1C. The predicted molar refractivity (Wildman–Crippen MR) is 120 cm³/mol. The summed E-state index contributed by atoms with van der Waals surface area (Å²) < 4.78 is 5.40. The van der Waals surface area contributed by atoms with Gasteiger partial charge >= 0.3 is 0 Å². The summed E-state index contributed by atoms with van der Waals surface area (Å²) in [6, 6.07) is 3.90. The molecule has 0 radical (unpaired) electrons. The number of rotatable bonds is 3. The number of imide groups is 1. The van der Waals surface area contributed by atoms with Crippen LogP contribution >= 0.6 is 0 Å². The second-order valence-corrected chi connectivity index (χ2v) is 8.57. The summed E-state index contributed by atoms with van der Waals surface area (Å²) in [6.45, 7) is 6.58. The maximum Gasteiger partial charge on any atom is 0.268 e. The van der Waals surface area contributed by atoms with E-state index < -0.39 is 0 Å². The van der Waals surface area contributed by atoms with Gasteiger partial charge in [-0.25, -0.2) is 0 Å². The highest BCUT2D eigenvalue weighted by molar-refractivity contribution is 6.11. The molecule has 0 spiro atoms. The highest BCUT2D eigenvalue weighted by Crippen LogP contribution is 2.35. The average Bonchev–Trinajstić information content (AvgIpc) is 2.74. The van der Waals surface area contributed by atoms with Crippen molar-refractivity contribution in [1.82, 2.24) is 4.90 Å². The van der Waals surface area contributed by atoms with Gasteiger partial charge < -0.3 is 4.74 Å². The Morgan fingerprint density at radius 2 is 1.93 bits per heavy atom. The van der Waals surface area contributed by atoms with Crippen LogP contribution in [0.2, 0.25) is 0 Å². The Morgan fingerprint density at radius 3 is 2.63 bits per heavy atom. The smallest absolute Gasteiger partial charge is 0.268 e. The molecular formula is C26H31NO3. The maximum atomic E-state index is 12.8. The molecule has 1 aliphatic heterocycles. The molecule has 2 amide bonds. The number of benzene rings is 1. The Hall–Kier alpha value is -2.80. The lowest BCUT2D eigenvalue weighted by Gasteiger charge is -2.28. The fourth-order valence-electron chi connectivity index (χ4n) is 4.08. The molecule has 3 rings (SSSR count). The molecule has 30 heavy (non-hydrogen) atoms. The van der Waals surface area contributed by atoms with Crippen LogP contribution in [0, 0.1) is 31.1 Å². The molecule has 0 N–H and O–H groups in total. The fourth-order valence-corrected chi connectivity index (χ4v) is 4.08. The third kappa shape index (κ3) is 5.02. The first kappa shape index (κ1) is 21.9. The van der Waals surface area contributed by atoms with E-state index in [4.69, 9.17) is 4.74 Å². The van der Waals surface area contributed by atoms with Gasteiger partial charge in [0, 0.05) is 18.0 Å². The summed E-state index contributed by atoms with van der Waals surface area (Å²) in [5.74, 6) is 6.61. The molecule has 158 valence electrons. The largest absolute Gasteiger partial charge is 0.496 e. The second-order valence-electron chi connectivity index (χ2n) is 8.57. The third-order valence-electron chi connectivity index (χ3n) is 6.18. The number of methoxy groups -OCH3 is 1. The summed E-state index contributed by atoms with van der Waals surface area (Å²) in [4.78, 5) is 26.8. The van der Waals surface area contributed by atoms with Crippen molar-refractivity contribution in [3.05, 3.63) is 46.5 Å². The lowest BCUT2D eigenvalue weighted by Crippen LogP contribution is -2.39. The molecule has 0 atom stereocenters. The van der Waals surface area contributed by atoms with E-state index in [1.165, 1.54) is 30.2 Å². The fraction of sp³-hybridized carbons (Fsp3) is 0.462. The number of nitrogens with zero attached hydrogens (tertiary/aromatic N) is 1. The van der Waals surface area contributed by atoms with E-state index >= 15 is 0 Å². The third-order valence-corrected chi connectivity index (χ3v) is 6.18. The normalized spacial score (nSPS) is 18.6. The van der Waals surface area contributed by atoms with Gasteiger partial charge in [-0.1, -0.05) is 43.2 Å². The van der Waals surface area contributed by atoms with E-state index in [-0.39, 0.29) is 17.2 Å². The molecule has 1 aliphatic carbocycles. The van der Waals surface area contributed by atoms with Crippen molar-refractivity contribution >= 4 is 17.9 Å². The molecule has 1 fully saturated rings. The van der Waals surface area contributed by atoms with Crippen molar-refractivity contribution in [2.75, 3.05) is 13.7 Å². The van der Waals surface area contributed by atoms with Crippen LogP contribution in [0.25, 0.3) is 6.08 Å². The zero-order valence-electron chi connectivity index (χ0n) is 18.5. The van der Waals surface area contributed by atoms with E-state index in [9.17, 15) is 9.59 Å². The number of hydrogen-bond donors (Lipinski definition) is 0. The van der Waals surface area contributed by atoms with Crippen molar-refractivity contribution in [2.45, 2.75) is 59.3 Å². The number of carbonyl (C=O) groups is 2. The van der Waals surface area contributed by atoms with Gasteiger partial charge in [-0.05, 0) is 68.9 Å². The Labute approximate surface area is 180 Å². The molecule has 4 nitrogen and oxygen atoms in total. The van der Waals surface area contributed by atoms with E-state index in [0.29, 0.717) is 18.5 Å². The Bertz CT molecular complexity index is 952. The summed E-state index contributed by atoms with van der Waals surface area (Å²) in [5.41, 5.74) is 3.46. The molecule has 1 saturated carbocycles. The molecule has 0 unspecified atom stereocenters. The van der Waals surface area contributed by atoms with Crippen LogP contribution in [0.1, 0.15) is 62.1 Å². The first-order valence-electron chi connectivity index (χ1n) is 10.8. The molecule has 1 heterocycles. The van der Waals surface area contributed by atoms with Crippen molar-refractivity contribution in [2.24, 2.45) is 5.41 Å². The van der Waals surface area contributed by atoms with Crippen LogP contribution in [0.3, 0.4) is 0 Å². The van der Waals surface area contributed by atoms with Gasteiger partial charge in [-0.15, -0.1) is 0 Å². The number of aryl methyl sites for hydroxylation is 1. The number of carbonyl (C=O) groups excluding carboxylic acids is 2. The van der Waals surface area contributed by atoms with Gasteiger partial charge in [0.1, 0.15) is 5.75 Å². The summed E-state index contributed by atoms with van der Waals surface area (Å²) >= 11 is 0. The molecule has 4 heteroatoms. The molecule has 0 saturated heterocycles. The lowest BCUT2D eigenvalue weighted by molar-refractivity contribution is -0.139. The van der Waals surface area contributed by atoms with Crippen LogP contribution in [0.15, 0.2) is 29.9 Å². The average molecular weight is 406 g/mol. The Morgan fingerprint density at radius 1 is 1.20 bits per heavy atom. The van der Waals surface area contributed by atoms with Crippen LogP contribution in [-0.4, -0.2) is 30.4 Å². The maximum absolute atomic E-state index is 12.8. The van der Waals surface area contributed by atoms with E-state index in [2.05, 4.69) is 18.8 Å². The number of hydrogen-bond acceptors (Lipinski definition) is 3. The minimum Gasteiger partial charge on any atom is -0.496 e. The van der Waals surface area contributed by atoms with Gasteiger partial charge in [0.2, 0.25) is 0 Å². The molecule has 2 aliphatic rings. The van der Waals surface area contributed by atoms with Gasteiger partial charge in [0.15, 0.2) is 0 Å². The van der Waals surface area contributed by atoms with Gasteiger partial charge in [0.25, 0.3) is 11.8 Å². The topological polar surface area (TPSA) is 46.6 Å². The van der Waals surface area contributed by atoms with E-state index in [1.54, 1.807) is 13.2 Å². The van der Waals surface area contributed by atoms with E-state index in [1.807, 2.05) is 32.1 Å². The minimum atomic E-state index is -0.312. The monoisotopic (exact) mass is 405 g/mol. The van der Waals surface area contributed by atoms with Gasteiger partial charge in [-0.2, -0.15) is 0 Å². The standard InChI is InChI=1S/C26H31NO3/c1-19-17-21(18-23(30-4)20(19)2)10-11-24(28)27-16-8-9-22(25(27)29)12-15-26(3)13-6-5-7-14-26/h9-11,17-18H,5-8,13-14,16H2,1-4H3/b11-10+. The predicted octanol–water partition coefficient (Wildman–Crippen LogP) is 4.98. The summed E-state index contributed by atoms with van der Waals surface area (Å²) in [5, 5.41) is 0. The Balaban J connectivity index is 1.72. The second kappa shape index (κ2) is 9.34. The molecular weight excluding hydrogens is 374 g/mol. The van der Waals surface area contributed by atoms with Crippen molar-refractivity contribution in [1.29, 1.82) is 0 Å². The van der Waals surface area contributed by atoms with Crippen LogP contribution in [-0.2, 0) is 9.59 Å². The number of amides is 2. The van der Waals surface area contributed by atoms with Crippen LogP contribution in [0.4, 0.5) is 0 Å². The Kier molecular flexibility index (Phi) is 6.82. The molecule has 1 aromatic rings. The van der Waals surface area contributed by atoms with Gasteiger partial charge in [-0.3, -0.25) is 14.5 Å². The van der Waals surface area contributed by atoms with Gasteiger partial charge in [0.05, 0.1) is 12.7 Å².